The van der Waals surface area contributed by atoms with E-state index in [4.69, 9.17) is 17.7 Å². The van der Waals surface area contributed by atoms with E-state index in [9.17, 15) is 0 Å². The molecular weight excluding hydrogens is 264 g/mol. The molecule has 0 rings (SSSR count). The predicted octanol–water partition coefficient (Wildman–Crippen LogP) is 2.98. The van der Waals surface area contributed by atoms with Crippen molar-refractivity contribution in [1.82, 2.24) is 0 Å². The van der Waals surface area contributed by atoms with Crippen molar-refractivity contribution in [2.24, 2.45) is 0 Å². The maximum atomic E-state index is 5.77. The molecule has 0 aromatic carbocycles. The van der Waals surface area contributed by atoms with E-state index in [-0.39, 0.29) is 0 Å². The van der Waals surface area contributed by atoms with Crippen molar-refractivity contribution in [3.8, 4) is 0 Å². The first-order valence-electron chi connectivity index (χ1n) is 6.62. The highest BCUT2D eigenvalue weighted by Crippen LogP contribution is 2.12. The molecule has 0 fully saturated rings. The zero-order chi connectivity index (χ0) is 14.1. The fourth-order valence-corrected chi connectivity index (χ4v) is 4.09. The lowest BCUT2D eigenvalue weighted by Gasteiger charge is -2.25. The molecule has 0 spiro atoms. The van der Waals surface area contributed by atoms with Gasteiger partial charge in [-0.1, -0.05) is 6.08 Å². The van der Waals surface area contributed by atoms with E-state index in [1.54, 1.807) is 0 Å². The van der Waals surface area contributed by atoms with Crippen LogP contribution in [-0.4, -0.2) is 43.5 Å². The molecule has 0 aromatic heterocycles. The molecule has 0 aliphatic rings. The van der Waals surface area contributed by atoms with Gasteiger partial charge in [-0.15, -0.1) is 0 Å². The number of hydrogen-bond donors (Lipinski definition) is 0. The molecule has 0 bridgehead atoms. The van der Waals surface area contributed by atoms with Crippen molar-refractivity contribution < 1.29 is 17.7 Å². The second-order valence-electron chi connectivity index (χ2n) is 4.73. The Morgan fingerprint density at radius 3 is 1.56 bits per heavy atom. The summed E-state index contributed by atoms with van der Waals surface area (Å²) in [6.07, 6.45) is 1.96. The maximum Gasteiger partial charge on any atom is 0.529 e. The van der Waals surface area contributed by atoms with Gasteiger partial charge >= 0.3 is 8.80 Å². The van der Waals surface area contributed by atoms with E-state index < -0.39 is 17.1 Å². The average molecular weight is 293 g/mol. The summed E-state index contributed by atoms with van der Waals surface area (Å²) in [6, 6.07) is 0. The highest BCUT2D eigenvalue weighted by molar-refractivity contribution is 6.69. The van der Waals surface area contributed by atoms with Gasteiger partial charge in [0.05, 0.1) is 6.61 Å². The van der Waals surface area contributed by atoms with E-state index in [1.807, 2.05) is 32.5 Å². The summed E-state index contributed by atoms with van der Waals surface area (Å²) in [5.74, 6) is 0. The van der Waals surface area contributed by atoms with Crippen LogP contribution in [0.3, 0.4) is 0 Å². The zero-order valence-electron chi connectivity index (χ0n) is 12.6. The minimum absolute atomic E-state index is 0.589. The van der Waals surface area contributed by atoms with Crippen LogP contribution < -0.4 is 0 Å². The van der Waals surface area contributed by atoms with Crippen LogP contribution in [0.5, 0.6) is 0 Å². The summed E-state index contributed by atoms with van der Waals surface area (Å²) in [5, 5.41) is 0. The highest BCUT2D eigenvalue weighted by atomic mass is 28.4. The average Bonchev–Trinajstić information content (AvgIpc) is 2.24. The molecule has 0 N–H and O–H groups in total. The van der Waals surface area contributed by atoms with Crippen LogP contribution in [0, 0.1) is 0 Å². The van der Waals surface area contributed by atoms with Gasteiger partial charge in [0.25, 0.3) is 0 Å². The molecule has 0 unspecified atom stereocenters. The van der Waals surface area contributed by atoms with Crippen LogP contribution in [0.1, 0.15) is 20.8 Å². The largest absolute Gasteiger partial charge is 0.529 e. The molecule has 0 saturated carbocycles. The van der Waals surface area contributed by atoms with Crippen molar-refractivity contribution >= 4 is 17.1 Å². The van der Waals surface area contributed by atoms with Gasteiger partial charge < -0.3 is 17.7 Å². The molecule has 108 valence electrons. The van der Waals surface area contributed by atoms with Crippen molar-refractivity contribution in [2.45, 2.75) is 40.4 Å². The Hall–Kier alpha value is 0.0138. The summed E-state index contributed by atoms with van der Waals surface area (Å²) in [6.45, 7) is 14.7. The van der Waals surface area contributed by atoms with Crippen LogP contribution in [0.4, 0.5) is 0 Å². The Balaban J connectivity index is 4.49. The molecule has 0 aliphatic heterocycles. The molecular formula is C12H28O4Si2. The number of rotatable bonds is 10. The minimum Gasteiger partial charge on any atom is -0.414 e. The normalized spacial score (nSPS) is 13.4. The lowest BCUT2D eigenvalue weighted by atomic mass is 10.7. The van der Waals surface area contributed by atoms with Gasteiger partial charge in [-0.25, -0.2) is 0 Å². The van der Waals surface area contributed by atoms with Crippen molar-refractivity contribution in [1.29, 1.82) is 0 Å². The van der Waals surface area contributed by atoms with E-state index in [1.165, 1.54) is 0 Å². The fourth-order valence-electron chi connectivity index (χ4n) is 1.36. The monoisotopic (exact) mass is 292 g/mol. The van der Waals surface area contributed by atoms with E-state index in [2.05, 4.69) is 19.6 Å². The molecule has 0 atom stereocenters. The molecule has 0 heterocycles. The van der Waals surface area contributed by atoms with Crippen LogP contribution in [0.15, 0.2) is 11.8 Å². The van der Waals surface area contributed by atoms with Crippen LogP contribution in [0.2, 0.25) is 19.6 Å². The van der Waals surface area contributed by atoms with Crippen molar-refractivity contribution in [2.75, 3.05) is 26.4 Å². The summed E-state index contributed by atoms with van der Waals surface area (Å²) in [4.78, 5) is 0. The van der Waals surface area contributed by atoms with Gasteiger partial charge in [0, 0.05) is 19.8 Å². The summed E-state index contributed by atoms with van der Waals surface area (Å²) < 4.78 is 22.9. The summed E-state index contributed by atoms with van der Waals surface area (Å²) in [5.41, 5.74) is 1.93. The van der Waals surface area contributed by atoms with Crippen molar-refractivity contribution in [3.63, 3.8) is 0 Å². The van der Waals surface area contributed by atoms with Gasteiger partial charge in [0.1, 0.15) is 0 Å². The third-order valence-corrected chi connectivity index (χ3v) is 5.72. The molecule has 0 aliphatic carbocycles. The molecule has 0 aromatic rings. The van der Waals surface area contributed by atoms with Gasteiger partial charge in [-0.05, 0) is 46.1 Å². The quantitative estimate of drug-likeness (QED) is 0.580. The molecule has 0 radical (unpaired) electrons. The lowest BCUT2D eigenvalue weighted by Crippen LogP contribution is -2.44. The second-order valence-corrected chi connectivity index (χ2v) is 11.6. The van der Waals surface area contributed by atoms with E-state index >= 15 is 0 Å². The predicted molar refractivity (Wildman–Crippen MR) is 79.1 cm³/mol. The first-order valence-corrected chi connectivity index (χ1v) is 11.8. The first kappa shape index (κ1) is 18.0. The highest BCUT2D eigenvalue weighted by Gasteiger charge is 2.37. The third-order valence-electron chi connectivity index (χ3n) is 1.97. The third kappa shape index (κ3) is 8.17. The maximum absolute atomic E-state index is 5.77. The SMILES string of the molecule is CCO[Si](C=CCO[Si](C)(C)C)(OCC)OCC. The summed E-state index contributed by atoms with van der Waals surface area (Å²) >= 11 is 0. The van der Waals surface area contributed by atoms with Crippen molar-refractivity contribution in [3.05, 3.63) is 11.8 Å². The summed E-state index contributed by atoms with van der Waals surface area (Å²) in [7, 11) is -4.10. The smallest absolute Gasteiger partial charge is 0.414 e. The van der Waals surface area contributed by atoms with Crippen LogP contribution in [-0.2, 0) is 17.7 Å². The number of hydrogen-bond acceptors (Lipinski definition) is 4. The van der Waals surface area contributed by atoms with E-state index in [0.717, 1.165) is 0 Å². The standard InChI is InChI=1S/C12H28O4Si2/c1-7-13-18(14-8-2,15-9-3)12-10-11-16-17(4,5)6/h10,12H,7-9,11H2,1-6H3. The molecule has 18 heavy (non-hydrogen) atoms. The minimum atomic E-state index is -2.64. The van der Waals surface area contributed by atoms with Gasteiger partial charge in [0.2, 0.25) is 0 Å². The van der Waals surface area contributed by atoms with E-state index in [0.29, 0.717) is 26.4 Å². The molecule has 6 heteroatoms. The van der Waals surface area contributed by atoms with Gasteiger partial charge in [0.15, 0.2) is 8.32 Å². The Morgan fingerprint density at radius 1 is 0.778 bits per heavy atom. The first-order chi connectivity index (χ1) is 8.39. The Labute approximate surface area is 114 Å². The Bertz CT molecular complexity index is 222. The Kier molecular flexibility index (Phi) is 9.01. The topological polar surface area (TPSA) is 36.9 Å². The lowest BCUT2D eigenvalue weighted by molar-refractivity contribution is 0.0841. The second kappa shape index (κ2) is 9.00. The fraction of sp³-hybridized carbons (Fsp3) is 0.833. The van der Waals surface area contributed by atoms with Gasteiger partial charge in [-0.2, -0.15) is 0 Å². The molecule has 4 nitrogen and oxygen atoms in total. The van der Waals surface area contributed by atoms with Crippen LogP contribution >= 0.6 is 0 Å². The Morgan fingerprint density at radius 2 is 1.22 bits per heavy atom. The van der Waals surface area contributed by atoms with Crippen LogP contribution in [0.25, 0.3) is 0 Å². The zero-order valence-corrected chi connectivity index (χ0v) is 14.6. The molecule has 0 amide bonds. The van der Waals surface area contributed by atoms with Gasteiger partial charge in [-0.3, -0.25) is 0 Å². The molecule has 0 saturated heterocycles.